The van der Waals surface area contributed by atoms with E-state index in [0.717, 1.165) is 16.0 Å². The Hall–Kier alpha value is -2.78. The van der Waals surface area contributed by atoms with Crippen LogP contribution in [0.3, 0.4) is 0 Å². The minimum Gasteiger partial charge on any atom is -0.379 e. The number of urea groups is 1. The third kappa shape index (κ3) is 4.01. The molecule has 180 valence electrons. The summed E-state index contributed by atoms with van der Waals surface area (Å²) in [6.45, 7) is 3.83. The Labute approximate surface area is 201 Å². The summed E-state index contributed by atoms with van der Waals surface area (Å²) >= 11 is 1.44. The van der Waals surface area contributed by atoms with Crippen LogP contribution in [0.5, 0.6) is 0 Å². The molecule has 1 aromatic carbocycles. The van der Waals surface area contributed by atoms with Crippen molar-refractivity contribution in [3.05, 3.63) is 57.5 Å². The summed E-state index contributed by atoms with van der Waals surface area (Å²) in [5.74, 6) is -0.712. The van der Waals surface area contributed by atoms with Crippen LogP contribution < -0.4 is 5.32 Å². The van der Waals surface area contributed by atoms with Crippen molar-refractivity contribution >= 4 is 29.2 Å². The van der Waals surface area contributed by atoms with Gasteiger partial charge in [-0.05, 0) is 66.8 Å². The lowest BCUT2D eigenvalue weighted by molar-refractivity contribution is -0.135. The zero-order valence-electron chi connectivity index (χ0n) is 19.1. The minimum absolute atomic E-state index is 0.0186. The summed E-state index contributed by atoms with van der Waals surface area (Å²) in [4.78, 5) is 43.8. The molecule has 3 aliphatic rings. The predicted molar refractivity (Wildman–Crippen MR) is 125 cm³/mol. The van der Waals surface area contributed by atoms with Crippen LogP contribution in [0.2, 0.25) is 0 Å². The van der Waals surface area contributed by atoms with Crippen molar-refractivity contribution in [2.75, 3.05) is 26.3 Å². The van der Waals surface area contributed by atoms with Gasteiger partial charge in [0, 0.05) is 26.1 Å². The van der Waals surface area contributed by atoms with E-state index >= 15 is 0 Å². The summed E-state index contributed by atoms with van der Waals surface area (Å²) < 4.78 is 19.0. The number of hydrogen-bond donors (Lipinski definition) is 1. The molecule has 4 heterocycles. The standard InChI is InChI=1S/C25H28FN3O4S/c1-16-9-13-34-21(16)22(30)28-10-6-18(7-11-28)25(14-17-2-4-19(26)5-3-17)23(31)29(24(32)27-25)20-8-12-33-15-20/h2-5,9,13,18,20H,6-8,10-12,14-15H2,1H3,(H,27,32). The number of halogens is 1. The van der Waals surface area contributed by atoms with Crippen molar-refractivity contribution in [2.45, 2.75) is 44.2 Å². The Kier molecular flexibility index (Phi) is 6.16. The number of amides is 4. The molecule has 3 fully saturated rings. The normalized spacial score (nSPS) is 25.8. The number of carbonyl (C=O) groups is 3. The number of ether oxygens (including phenoxy) is 1. The van der Waals surface area contributed by atoms with Crippen LogP contribution in [-0.4, -0.2) is 65.5 Å². The van der Waals surface area contributed by atoms with E-state index in [2.05, 4.69) is 5.32 Å². The number of hydrogen-bond acceptors (Lipinski definition) is 5. The highest BCUT2D eigenvalue weighted by Gasteiger charge is 2.57. The van der Waals surface area contributed by atoms with Crippen LogP contribution in [0.15, 0.2) is 35.7 Å². The lowest BCUT2D eigenvalue weighted by Gasteiger charge is -2.41. The molecule has 9 heteroatoms. The Bertz CT molecular complexity index is 1090. The SMILES string of the molecule is Cc1ccsc1C(=O)N1CCC(C2(Cc3ccc(F)cc3)NC(=O)N(C3CCOC3)C2=O)CC1. The van der Waals surface area contributed by atoms with Crippen LogP contribution in [-0.2, 0) is 16.0 Å². The number of nitrogens with zero attached hydrogens (tertiary/aromatic N) is 2. The van der Waals surface area contributed by atoms with Crippen molar-refractivity contribution in [1.29, 1.82) is 0 Å². The van der Waals surface area contributed by atoms with Gasteiger partial charge in [-0.3, -0.25) is 14.5 Å². The smallest absolute Gasteiger partial charge is 0.325 e. The Morgan fingerprint density at radius 1 is 1.18 bits per heavy atom. The maximum atomic E-state index is 13.9. The molecule has 34 heavy (non-hydrogen) atoms. The Morgan fingerprint density at radius 3 is 2.53 bits per heavy atom. The summed E-state index contributed by atoms with van der Waals surface area (Å²) in [6.07, 6.45) is 2.10. The van der Waals surface area contributed by atoms with Gasteiger partial charge in [0.1, 0.15) is 11.4 Å². The Morgan fingerprint density at radius 2 is 1.91 bits per heavy atom. The number of aryl methyl sites for hydroxylation is 1. The van der Waals surface area contributed by atoms with Gasteiger partial charge in [0.15, 0.2) is 0 Å². The van der Waals surface area contributed by atoms with Crippen molar-refractivity contribution in [1.82, 2.24) is 15.1 Å². The van der Waals surface area contributed by atoms with Crippen molar-refractivity contribution in [2.24, 2.45) is 5.92 Å². The van der Waals surface area contributed by atoms with Gasteiger partial charge in [-0.25, -0.2) is 9.18 Å². The fraction of sp³-hybridized carbons (Fsp3) is 0.480. The van der Waals surface area contributed by atoms with E-state index in [1.54, 1.807) is 12.1 Å². The highest BCUT2D eigenvalue weighted by molar-refractivity contribution is 7.12. The first-order valence-corrected chi connectivity index (χ1v) is 12.6. The van der Waals surface area contributed by atoms with Gasteiger partial charge in [0.2, 0.25) is 0 Å². The average molecular weight is 486 g/mol. The van der Waals surface area contributed by atoms with Crippen molar-refractivity contribution in [3.8, 4) is 0 Å². The molecule has 2 unspecified atom stereocenters. The predicted octanol–water partition coefficient (Wildman–Crippen LogP) is 3.37. The fourth-order valence-corrected chi connectivity index (χ4v) is 6.34. The molecule has 1 N–H and O–H groups in total. The van der Waals surface area contributed by atoms with Crippen LogP contribution in [0.4, 0.5) is 9.18 Å². The van der Waals surface area contributed by atoms with Gasteiger partial charge >= 0.3 is 6.03 Å². The first kappa shape index (κ1) is 23.0. The summed E-state index contributed by atoms with van der Waals surface area (Å²) in [5.41, 5.74) is 0.635. The monoisotopic (exact) mass is 485 g/mol. The zero-order chi connectivity index (χ0) is 23.9. The number of benzene rings is 1. The molecule has 3 aliphatic heterocycles. The third-order valence-electron chi connectivity index (χ3n) is 7.35. The largest absolute Gasteiger partial charge is 0.379 e. The maximum Gasteiger partial charge on any atom is 0.325 e. The average Bonchev–Trinajstić information content (AvgIpc) is 3.56. The molecule has 4 amide bonds. The first-order chi connectivity index (χ1) is 16.4. The van der Waals surface area contributed by atoms with E-state index in [9.17, 15) is 18.8 Å². The number of likely N-dealkylation sites (tertiary alicyclic amines) is 1. The van der Waals surface area contributed by atoms with Gasteiger partial charge in [-0.1, -0.05) is 12.1 Å². The third-order valence-corrected chi connectivity index (χ3v) is 8.36. The number of carbonyl (C=O) groups excluding carboxylic acids is 3. The van der Waals surface area contributed by atoms with E-state index in [0.29, 0.717) is 45.6 Å². The molecule has 3 saturated heterocycles. The first-order valence-electron chi connectivity index (χ1n) is 11.7. The molecule has 0 saturated carbocycles. The summed E-state index contributed by atoms with van der Waals surface area (Å²) in [5, 5.41) is 4.96. The van der Waals surface area contributed by atoms with Crippen LogP contribution >= 0.6 is 11.3 Å². The number of nitrogens with one attached hydrogen (secondary N) is 1. The second-order valence-electron chi connectivity index (χ2n) is 9.40. The molecule has 0 spiro atoms. The van der Waals surface area contributed by atoms with Gasteiger partial charge in [-0.15, -0.1) is 11.3 Å². The van der Waals surface area contributed by atoms with Gasteiger partial charge in [0.25, 0.3) is 11.8 Å². The van der Waals surface area contributed by atoms with E-state index in [1.165, 1.54) is 28.4 Å². The topological polar surface area (TPSA) is 79.0 Å². The van der Waals surface area contributed by atoms with E-state index in [-0.39, 0.29) is 36.0 Å². The molecule has 1 aromatic heterocycles. The lowest BCUT2D eigenvalue weighted by atomic mass is 9.73. The zero-order valence-corrected chi connectivity index (χ0v) is 19.9. The van der Waals surface area contributed by atoms with Crippen LogP contribution in [0.25, 0.3) is 0 Å². The summed E-state index contributed by atoms with van der Waals surface area (Å²) in [6, 6.07) is 7.35. The number of thiophene rings is 1. The minimum atomic E-state index is -1.12. The molecule has 2 atom stereocenters. The molecule has 0 aliphatic carbocycles. The van der Waals surface area contributed by atoms with E-state index in [4.69, 9.17) is 4.74 Å². The summed E-state index contributed by atoms with van der Waals surface area (Å²) in [7, 11) is 0. The molecule has 0 bridgehead atoms. The highest BCUT2D eigenvalue weighted by Crippen LogP contribution is 2.38. The van der Waals surface area contributed by atoms with E-state index < -0.39 is 11.6 Å². The second-order valence-corrected chi connectivity index (χ2v) is 10.3. The fourth-order valence-electron chi connectivity index (χ4n) is 5.44. The highest BCUT2D eigenvalue weighted by atomic mass is 32.1. The number of piperidine rings is 1. The maximum absolute atomic E-state index is 13.9. The molecule has 0 radical (unpaired) electrons. The van der Waals surface area contributed by atoms with E-state index in [1.807, 2.05) is 23.3 Å². The van der Waals surface area contributed by atoms with Gasteiger partial charge in [-0.2, -0.15) is 0 Å². The second kappa shape index (κ2) is 9.11. The van der Waals surface area contributed by atoms with Crippen molar-refractivity contribution in [3.63, 3.8) is 0 Å². The van der Waals surface area contributed by atoms with Crippen LogP contribution in [0.1, 0.15) is 40.1 Å². The quantitative estimate of drug-likeness (QED) is 0.659. The van der Waals surface area contributed by atoms with Crippen molar-refractivity contribution < 1.29 is 23.5 Å². The van der Waals surface area contributed by atoms with Crippen LogP contribution in [0, 0.1) is 18.7 Å². The van der Waals surface area contributed by atoms with Gasteiger partial charge in [0.05, 0.1) is 17.5 Å². The lowest BCUT2D eigenvalue weighted by Crippen LogP contribution is -2.58. The number of rotatable bonds is 5. The molecule has 5 rings (SSSR count). The van der Waals surface area contributed by atoms with Gasteiger partial charge < -0.3 is 15.0 Å². The molecular weight excluding hydrogens is 457 g/mol. The molecular formula is C25H28FN3O4S. The Balaban J connectivity index is 1.40. The molecule has 7 nitrogen and oxygen atoms in total. The molecule has 2 aromatic rings. The number of imide groups is 1.